The number of hydrogen-bond donors (Lipinski definition) is 2. The van der Waals surface area contributed by atoms with Crippen LogP contribution in [-0.4, -0.2) is 54.5 Å². The number of aryl methyl sites for hydroxylation is 1. The minimum atomic E-state index is -0.0775. The van der Waals surface area contributed by atoms with Crippen molar-refractivity contribution in [2.45, 2.75) is 33.3 Å². The normalized spacial score (nSPS) is 15.9. The lowest BCUT2D eigenvalue weighted by atomic mass is 10.1. The first-order chi connectivity index (χ1) is 15.1. The van der Waals surface area contributed by atoms with Crippen LogP contribution >= 0.6 is 24.0 Å². The van der Waals surface area contributed by atoms with Gasteiger partial charge in [-0.05, 0) is 38.0 Å². The van der Waals surface area contributed by atoms with E-state index in [0.717, 1.165) is 44.3 Å². The van der Waals surface area contributed by atoms with Crippen molar-refractivity contribution in [3.8, 4) is 0 Å². The summed E-state index contributed by atoms with van der Waals surface area (Å²) in [6, 6.07) is 15.8. The molecule has 1 aromatic carbocycles. The van der Waals surface area contributed by atoms with Crippen LogP contribution in [0.5, 0.6) is 0 Å². The number of benzene rings is 1. The van der Waals surface area contributed by atoms with Crippen molar-refractivity contribution in [3.63, 3.8) is 0 Å². The number of rotatable bonds is 9. The van der Waals surface area contributed by atoms with Gasteiger partial charge >= 0.3 is 0 Å². The molecule has 0 aliphatic carbocycles. The average molecular weight is 551 g/mol. The summed E-state index contributed by atoms with van der Waals surface area (Å²) in [6.07, 6.45) is 1.40. The summed E-state index contributed by atoms with van der Waals surface area (Å²) in [5.41, 5.74) is 2.08. The molecule has 1 aliphatic rings. The number of ether oxygens (including phenoxy) is 1. The van der Waals surface area contributed by atoms with E-state index in [-0.39, 0.29) is 29.9 Å². The first kappa shape index (κ1) is 26.1. The smallest absolute Gasteiger partial charge is 0.227 e. The fourth-order valence-electron chi connectivity index (χ4n) is 3.59. The van der Waals surface area contributed by atoms with Gasteiger partial charge in [0.25, 0.3) is 0 Å². The van der Waals surface area contributed by atoms with E-state index in [4.69, 9.17) is 4.74 Å². The summed E-state index contributed by atoms with van der Waals surface area (Å²) in [4.78, 5) is 23.4. The standard InChI is InChI=1S/C24H33N5O2.HI/c1-3-25-24(26-14-12-23(30)28-22-11-7-8-19(2)27-22)29-15-13-21(16-29)18-31-17-20-9-5-4-6-10-20;/h4-11,21H,3,12-18H2,1-2H3,(H,25,26)(H,27,28,30);1H. The monoisotopic (exact) mass is 551 g/mol. The third-order valence-corrected chi connectivity index (χ3v) is 5.14. The largest absolute Gasteiger partial charge is 0.376 e. The zero-order valence-corrected chi connectivity index (χ0v) is 21.2. The minimum Gasteiger partial charge on any atom is -0.376 e. The molecule has 7 nitrogen and oxygen atoms in total. The number of pyridine rings is 1. The zero-order valence-electron chi connectivity index (χ0n) is 18.9. The molecule has 0 spiro atoms. The van der Waals surface area contributed by atoms with Crippen LogP contribution < -0.4 is 10.6 Å². The van der Waals surface area contributed by atoms with Gasteiger partial charge in [-0.1, -0.05) is 36.4 Å². The van der Waals surface area contributed by atoms with Gasteiger partial charge in [0.1, 0.15) is 5.82 Å². The number of hydrogen-bond acceptors (Lipinski definition) is 4. The Morgan fingerprint density at radius 2 is 2.03 bits per heavy atom. The number of carbonyl (C=O) groups is 1. The number of halogens is 1. The Kier molecular flexibility index (Phi) is 11.4. The fraction of sp³-hybridized carbons (Fsp3) is 0.458. The molecule has 2 aromatic rings. The molecule has 1 aromatic heterocycles. The molecule has 2 heterocycles. The van der Waals surface area contributed by atoms with Gasteiger partial charge < -0.3 is 20.3 Å². The molecule has 1 aliphatic heterocycles. The first-order valence-electron chi connectivity index (χ1n) is 11.0. The Hall–Kier alpha value is -2.20. The predicted molar refractivity (Wildman–Crippen MR) is 139 cm³/mol. The van der Waals surface area contributed by atoms with Crippen molar-refractivity contribution in [1.29, 1.82) is 0 Å². The van der Waals surface area contributed by atoms with Crippen LogP contribution in [0.15, 0.2) is 53.5 Å². The summed E-state index contributed by atoms with van der Waals surface area (Å²) in [7, 11) is 0. The number of likely N-dealkylation sites (tertiary alicyclic amines) is 1. The van der Waals surface area contributed by atoms with Crippen LogP contribution in [-0.2, 0) is 16.1 Å². The van der Waals surface area contributed by atoms with Gasteiger partial charge in [0.15, 0.2) is 5.96 Å². The molecule has 0 bridgehead atoms. The summed E-state index contributed by atoms with van der Waals surface area (Å²) >= 11 is 0. The van der Waals surface area contributed by atoms with Crippen molar-refractivity contribution in [3.05, 3.63) is 59.8 Å². The second-order valence-electron chi connectivity index (χ2n) is 7.80. The summed E-state index contributed by atoms with van der Waals surface area (Å²) in [6.45, 7) is 8.45. The molecule has 174 valence electrons. The SMILES string of the molecule is CCNC(=NCCC(=O)Nc1cccc(C)n1)N1CCC(COCc2ccccc2)C1.I. The van der Waals surface area contributed by atoms with E-state index in [2.05, 4.69) is 44.6 Å². The number of anilines is 1. The molecule has 32 heavy (non-hydrogen) atoms. The molecule has 1 amide bonds. The molecule has 2 N–H and O–H groups in total. The lowest BCUT2D eigenvalue weighted by molar-refractivity contribution is -0.116. The molecule has 8 heteroatoms. The number of nitrogens with one attached hydrogen (secondary N) is 2. The third kappa shape index (κ3) is 8.74. The number of nitrogens with zero attached hydrogens (tertiary/aromatic N) is 3. The summed E-state index contributed by atoms with van der Waals surface area (Å²) in [5.74, 6) is 1.86. The van der Waals surface area contributed by atoms with Crippen LogP contribution in [0.3, 0.4) is 0 Å². The van der Waals surface area contributed by atoms with E-state index in [1.807, 2.05) is 37.3 Å². The summed E-state index contributed by atoms with van der Waals surface area (Å²) < 4.78 is 5.92. The Balaban J connectivity index is 0.00000363. The number of aliphatic imine (C=N–C) groups is 1. The first-order valence-corrected chi connectivity index (χ1v) is 11.0. The highest BCUT2D eigenvalue weighted by molar-refractivity contribution is 14.0. The molecule has 1 fully saturated rings. The molecule has 0 radical (unpaired) electrons. The molecule has 3 rings (SSSR count). The van der Waals surface area contributed by atoms with E-state index < -0.39 is 0 Å². The van der Waals surface area contributed by atoms with Crippen molar-refractivity contribution in [1.82, 2.24) is 15.2 Å². The van der Waals surface area contributed by atoms with Crippen molar-refractivity contribution < 1.29 is 9.53 Å². The van der Waals surface area contributed by atoms with Crippen LogP contribution in [0.4, 0.5) is 5.82 Å². The van der Waals surface area contributed by atoms with E-state index in [9.17, 15) is 4.79 Å². The van der Waals surface area contributed by atoms with Gasteiger partial charge in [-0.3, -0.25) is 9.79 Å². The molecule has 1 atom stereocenters. The van der Waals surface area contributed by atoms with Gasteiger partial charge in [-0.2, -0.15) is 0 Å². The molecule has 1 saturated heterocycles. The maximum Gasteiger partial charge on any atom is 0.227 e. The molecule has 0 saturated carbocycles. The average Bonchev–Trinajstić information content (AvgIpc) is 3.23. The Bertz CT molecular complexity index is 862. The number of amides is 1. The molecular formula is C24H34IN5O2. The number of guanidine groups is 1. The minimum absolute atomic E-state index is 0. The maximum atomic E-state index is 12.2. The lowest BCUT2D eigenvalue weighted by Gasteiger charge is -2.21. The Morgan fingerprint density at radius 1 is 1.22 bits per heavy atom. The lowest BCUT2D eigenvalue weighted by Crippen LogP contribution is -2.40. The maximum absolute atomic E-state index is 12.2. The highest BCUT2D eigenvalue weighted by Gasteiger charge is 2.25. The van der Waals surface area contributed by atoms with E-state index in [1.165, 1.54) is 5.56 Å². The Morgan fingerprint density at radius 3 is 2.78 bits per heavy atom. The Labute approximate surface area is 208 Å². The van der Waals surface area contributed by atoms with Gasteiger partial charge in [0.2, 0.25) is 5.91 Å². The van der Waals surface area contributed by atoms with E-state index in [0.29, 0.717) is 31.3 Å². The van der Waals surface area contributed by atoms with Crippen molar-refractivity contribution in [2.75, 3.05) is 38.1 Å². The quantitative estimate of drug-likeness (QED) is 0.282. The van der Waals surface area contributed by atoms with E-state index >= 15 is 0 Å². The highest BCUT2D eigenvalue weighted by Crippen LogP contribution is 2.17. The van der Waals surface area contributed by atoms with Crippen LogP contribution in [0.2, 0.25) is 0 Å². The molecule has 1 unspecified atom stereocenters. The molecular weight excluding hydrogens is 517 g/mol. The second-order valence-corrected chi connectivity index (χ2v) is 7.80. The number of aromatic nitrogens is 1. The van der Waals surface area contributed by atoms with Crippen LogP contribution in [0.25, 0.3) is 0 Å². The highest BCUT2D eigenvalue weighted by atomic mass is 127. The van der Waals surface area contributed by atoms with Crippen molar-refractivity contribution in [2.24, 2.45) is 10.9 Å². The van der Waals surface area contributed by atoms with Gasteiger partial charge in [-0.25, -0.2) is 4.98 Å². The fourth-order valence-corrected chi connectivity index (χ4v) is 3.59. The third-order valence-electron chi connectivity index (χ3n) is 5.14. The zero-order chi connectivity index (χ0) is 21.9. The van der Waals surface area contributed by atoms with Crippen LogP contribution in [0, 0.1) is 12.8 Å². The topological polar surface area (TPSA) is 78.8 Å². The van der Waals surface area contributed by atoms with Crippen molar-refractivity contribution >= 4 is 41.7 Å². The van der Waals surface area contributed by atoms with Gasteiger partial charge in [0.05, 0.1) is 19.8 Å². The van der Waals surface area contributed by atoms with Crippen LogP contribution in [0.1, 0.15) is 31.0 Å². The van der Waals surface area contributed by atoms with Gasteiger partial charge in [-0.15, -0.1) is 24.0 Å². The predicted octanol–water partition coefficient (Wildman–Crippen LogP) is 3.84. The summed E-state index contributed by atoms with van der Waals surface area (Å²) in [5, 5.41) is 6.18. The van der Waals surface area contributed by atoms with Gasteiger partial charge in [0, 0.05) is 37.7 Å². The number of carbonyl (C=O) groups excluding carboxylic acids is 1. The van der Waals surface area contributed by atoms with E-state index in [1.54, 1.807) is 6.07 Å². The second kappa shape index (κ2) is 14.1.